The van der Waals surface area contributed by atoms with E-state index in [-0.39, 0.29) is 24.0 Å². The quantitative estimate of drug-likeness (QED) is 0.843. The van der Waals surface area contributed by atoms with Crippen LogP contribution in [0.25, 0.3) is 10.8 Å². The Balaban J connectivity index is 1.61. The lowest BCUT2D eigenvalue weighted by atomic mass is 9.78. The summed E-state index contributed by atoms with van der Waals surface area (Å²) in [5.41, 5.74) is -0.305. The van der Waals surface area contributed by atoms with E-state index >= 15 is 0 Å². The van der Waals surface area contributed by atoms with Crippen molar-refractivity contribution in [2.45, 2.75) is 19.3 Å². The first kappa shape index (κ1) is 17.7. The molecule has 0 bridgehead atoms. The number of amides is 2. The highest BCUT2D eigenvalue weighted by Crippen LogP contribution is 2.40. The third-order valence-corrected chi connectivity index (χ3v) is 5.88. The van der Waals surface area contributed by atoms with E-state index < -0.39 is 5.41 Å². The standard InChI is InChI=1S/C20H23N3O4/c24-11-10-22-8-3-6-20(19(22)27)7-9-23(13-20)18(26)16-12-21-17(25)15-5-2-1-4-14(15)16/h1-2,4-5,12,24H,3,6-11,13H2,(H,21,25)/t20-/m1/s1. The maximum absolute atomic E-state index is 13.2. The molecule has 2 aliphatic rings. The minimum atomic E-state index is -0.541. The van der Waals surface area contributed by atoms with Gasteiger partial charge in [0, 0.05) is 43.1 Å². The smallest absolute Gasteiger partial charge is 0.256 e. The van der Waals surface area contributed by atoms with E-state index in [1.165, 1.54) is 6.20 Å². The molecule has 1 aromatic heterocycles. The zero-order valence-electron chi connectivity index (χ0n) is 15.1. The highest BCUT2D eigenvalue weighted by Gasteiger charge is 2.49. The first-order valence-corrected chi connectivity index (χ1v) is 9.36. The van der Waals surface area contributed by atoms with Crippen LogP contribution in [0.5, 0.6) is 0 Å². The van der Waals surface area contributed by atoms with Crippen LogP contribution in [-0.2, 0) is 4.79 Å². The summed E-state index contributed by atoms with van der Waals surface area (Å²) in [4.78, 5) is 44.2. The maximum atomic E-state index is 13.2. The van der Waals surface area contributed by atoms with Gasteiger partial charge in [-0.2, -0.15) is 0 Å². The average Bonchev–Trinajstić information content (AvgIpc) is 3.11. The maximum Gasteiger partial charge on any atom is 0.256 e. The van der Waals surface area contributed by atoms with Crippen molar-refractivity contribution in [3.63, 3.8) is 0 Å². The Hall–Kier alpha value is -2.67. The summed E-state index contributed by atoms with van der Waals surface area (Å²) in [6.45, 7) is 1.87. The average molecular weight is 369 g/mol. The number of hydrogen-bond donors (Lipinski definition) is 2. The Morgan fingerprint density at radius 2 is 1.93 bits per heavy atom. The van der Waals surface area contributed by atoms with E-state index in [0.29, 0.717) is 48.9 Å². The van der Waals surface area contributed by atoms with Crippen molar-refractivity contribution in [2.24, 2.45) is 5.41 Å². The van der Waals surface area contributed by atoms with Crippen molar-refractivity contribution in [1.29, 1.82) is 0 Å². The van der Waals surface area contributed by atoms with E-state index in [1.54, 1.807) is 34.1 Å². The van der Waals surface area contributed by atoms with Gasteiger partial charge in [-0.3, -0.25) is 14.4 Å². The normalized spacial score (nSPS) is 22.8. The van der Waals surface area contributed by atoms with Gasteiger partial charge in [0.1, 0.15) is 0 Å². The molecule has 2 amide bonds. The van der Waals surface area contributed by atoms with Crippen LogP contribution >= 0.6 is 0 Å². The predicted octanol–water partition coefficient (Wildman–Crippen LogP) is 0.975. The third-order valence-electron chi connectivity index (χ3n) is 5.88. The Kier molecular flexibility index (Phi) is 4.47. The monoisotopic (exact) mass is 369 g/mol. The molecule has 2 aliphatic heterocycles. The number of likely N-dealkylation sites (tertiary alicyclic amines) is 2. The van der Waals surface area contributed by atoms with Crippen LogP contribution < -0.4 is 5.56 Å². The zero-order chi connectivity index (χ0) is 19.0. The number of aromatic amines is 1. The molecule has 2 fully saturated rings. The van der Waals surface area contributed by atoms with E-state index in [0.717, 1.165) is 12.8 Å². The number of aliphatic hydroxyl groups excluding tert-OH is 1. The SMILES string of the molecule is O=C(c1c[nH]c(=O)c2ccccc12)N1CC[C@]2(CCCN(CCO)C2=O)C1. The fraction of sp³-hybridized carbons (Fsp3) is 0.450. The lowest BCUT2D eigenvalue weighted by Crippen LogP contribution is -2.51. The molecule has 1 atom stereocenters. The number of benzene rings is 1. The Labute approximate surface area is 156 Å². The molecule has 7 nitrogen and oxygen atoms in total. The zero-order valence-corrected chi connectivity index (χ0v) is 15.1. The molecule has 7 heteroatoms. The van der Waals surface area contributed by atoms with Crippen molar-refractivity contribution >= 4 is 22.6 Å². The number of nitrogens with zero attached hydrogens (tertiary/aromatic N) is 2. The summed E-state index contributed by atoms with van der Waals surface area (Å²) in [6.07, 6.45) is 3.76. The molecular formula is C20H23N3O4. The van der Waals surface area contributed by atoms with Crippen molar-refractivity contribution in [3.05, 3.63) is 46.4 Å². The highest BCUT2D eigenvalue weighted by molar-refractivity contribution is 6.06. The van der Waals surface area contributed by atoms with Gasteiger partial charge in [-0.25, -0.2) is 0 Å². The van der Waals surface area contributed by atoms with Crippen molar-refractivity contribution < 1.29 is 14.7 Å². The van der Waals surface area contributed by atoms with Crippen LogP contribution in [0.1, 0.15) is 29.6 Å². The lowest BCUT2D eigenvalue weighted by Gasteiger charge is -2.39. The van der Waals surface area contributed by atoms with Crippen LogP contribution in [0.4, 0.5) is 0 Å². The van der Waals surface area contributed by atoms with E-state index in [4.69, 9.17) is 0 Å². The molecule has 142 valence electrons. The van der Waals surface area contributed by atoms with Gasteiger partial charge in [0.05, 0.1) is 17.6 Å². The first-order chi connectivity index (χ1) is 13.1. The largest absolute Gasteiger partial charge is 0.395 e. The minimum absolute atomic E-state index is 0.0458. The summed E-state index contributed by atoms with van der Waals surface area (Å²) in [5, 5.41) is 10.3. The molecule has 1 spiro atoms. The minimum Gasteiger partial charge on any atom is -0.395 e. The van der Waals surface area contributed by atoms with Gasteiger partial charge < -0.3 is 19.9 Å². The second kappa shape index (κ2) is 6.81. The topological polar surface area (TPSA) is 93.7 Å². The summed E-state index contributed by atoms with van der Waals surface area (Å²) in [7, 11) is 0. The van der Waals surface area contributed by atoms with Gasteiger partial charge in [-0.05, 0) is 25.3 Å². The predicted molar refractivity (Wildman–Crippen MR) is 100 cm³/mol. The number of pyridine rings is 1. The van der Waals surface area contributed by atoms with Crippen LogP contribution in [-0.4, -0.2) is 64.5 Å². The van der Waals surface area contributed by atoms with Gasteiger partial charge in [0.2, 0.25) is 5.91 Å². The number of nitrogens with one attached hydrogen (secondary N) is 1. The second-order valence-electron chi connectivity index (χ2n) is 7.45. The van der Waals surface area contributed by atoms with Crippen LogP contribution in [0, 0.1) is 5.41 Å². The third kappa shape index (κ3) is 2.92. The number of β-amino-alcohol motifs (C(OH)–C–C–N with tert-alkyl or cyclic N) is 1. The van der Waals surface area contributed by atoms with Crippen LogP contribution in [0.3, 0.4) is 0 Å². The Bertz CT molecular complexity index is 952. The molecular weight excluding hydrogens is 346 g/mol. The number of aliphatic hydroxyl groups is 1. The summed E-state index contributed by atoms with van der Waals surface area (Å²) < 4.78 is 0. The number of carbonyl (C=O) groups is 2. The first-order valence-electron chi connectivity index (χ1n) is 9.36. The van der Waals surface area contributed by atoms with Gasteiger partial charge in [-0.15, -0.1) is 0 Å². The molecule has 0 unspecified atom stereocenters. The van der Waals surface area contributed by atoms with E-state index in [9.17, 15) is 19.5 Å². The molecule has 2 aromatic rings. The van der Waals surface area contributed by atoms with Crippen molar-refractivity contribution in [2.75, 3.05) is 32.8 Å². The molecule has 0 saturated carbocycles. The van der Waals surface area contributed by atoms with Gasteiger partial charge in [0.15, 0.2) is 0 Å². The molecule has 0 radical (unpaired) electrons. The fourth-order valence-electron chi connectivity index (χ4n) is 4.47. The van der Waals surface area contributed by atoms with Gasteiger partial charge >= 0.3 is 0 Å². The lowest BCUT2D eigenvalue weighted by molar-refractivity contribution is -0.146. The number of piperidine rings is 1. The molecule has 0 aliphatic carbocycles. The summed E-state index contributed by atoms with van der Waals surface area (Å²) >= 11 is 0. The number of H-pyrrole nitrogens is 1. The van der Waals surface area contributed by atoms with Crippen molar-refractivity contribution in [1.82, 2.24) is 14.8 Å². The molecule has 3 heterocycles. The molecule has 4 rings (SSSR count). The number of fused-ring (bicyclic) bond motifs is 1. The second-order valence-corrected chi connectivity index (χ2v) is 7.45. The Morgan fingerprint density at radius 3 is 2.70 bits per heavy atom. The van der Waals surface area contributed by atoms with Crippen LogP contribution in [0.15, 0.2) is 35.3 Å². The number of carbonyl (C=O) groups excluding carboxylic acids is 2. The highest BCUT2D eigenvalue weighted by atomic mass is 16.3. The number of hydrogen-bond acceptors (Lipinski definition) is 4. The molecule has 27 heavy (non-hydrogen) atoms. The van der Waals surface area contributed by atoms with Crippen LogP contribution in [0.2, 0.25) is 0 Å². The molecule has 1 aromatic carbocycles. The van der Waals surface area contributed by atoms with E-state index in [2.05, 4.69) is 4.98 Å². The number of aromatic nitrogens is 1. The van der Waals surface area contributed by atoms with Crippen molar-refractivity contribution in [3.8, 4) is 0 Å². The molecule has 2 N–H and O–H groups in total. The summed E-state index contributed by atoms with van der Waals surface area (Å²) in [5.74, 6) is -0.115. The Morgan fingerprint density at radius 1 is 1.15 bits per heavy atom. The van der Waals surface area contributed by atoms with Gasteiger partial charge in [0.25, 0.3) is 11.5 Å². The van der Waals surface area contributed by atoms with E-state index in [1.807, 2.05) is 0 Å². The fourth-order valence-corrected chi connectivity index (χ4v) is 4.47. The summed E-state index contributed by atoms with van der Waals surface area (Å²) in [6, 6.07) is 7.06. The molecule has 2 saturated heterocycles. The van der Waals surface area contributed by atoms with Gasteiger partial charge in [-0.1, -0.05) is 18.2 Å². The number of rotatable bonds is 3.